The van der Waals surface area contributed by atoms with E-state index in [9.17, 15) is 9.65 Å². The summed E-state index contributed by atoms with van der Waals surface area (Å²) in [5, 5.41) is 9.57. The van der Waals surface area contributed by atoms with E-state index in [0.29, 0.717) is 25.7 Å². The molecule has 2 N–H and O–H groups in total. The fourth-order valence-corrected chi connectivity index (χ4v) is 9.76. The van der Waals surface area contributed by atoms with Crippen LogP contribution in [0.3, 0.4) is 0 Å². The molecule has 0 amide bonds. The van der Waals surface area contributed by atoms with Crippen molar-refractivity contribution in [1.82, 2.24) is 19.8 Å². The standard InChI is InChI=1S/C35H36F5N7OS/c1-18(2)45-15-19-5-6-20(16-45)47(19)32-22-13-24(35(38,39)40)27(21-7-8-25(36)30-26(21)23(14-41)31(42)49-30)28(37)29(22)43-33(44-32)48-17-34-9-3-11-46(34)12-4-10-34/h7-8,13,18-20H,3-6,9-12,15-17,42H2,1-2H3. The quantitative estimate of drug-likeness (QED) is 0.210. The Morgan fingerprint density at radius 2 is 1.80 bits per heavy atom. The number of thiophene rings is 1. The van der Waals surface area contributed by atoms with Crippen molar-refractivity contribution in [2.24, 2.45) is 0 Å². The second-order valence-electron chi connectivity index (χ2n) is 14.1. The fourth-order valence-electron chi connectivity index (χ4n) is 8.81. The number of nitrogens with two attached hydrogens (primary N) is 1. The summed E-state index contributed by atoms with van der Waals surface area (Å²) in [6.07, 6.45) is 0.614. The van der Waals surface area contributed by atoms with Gasteiger partial charge >= 0.3 is 12.2 Å². The third-order valence-electron chi connectivity index (χ3n) is 11.2. The molecule has 4 aliphatic heterocycles. The predicted octanol–water partition coefficient (Wildman–Crippen LogP) is 7.33. The van der Waals surface area contributed by atoms with Crippen LogP contribution in [0.25, 0.3) is 32.1 Å². The van der Waals surface area contributed by atoms with Crippen molar-refractivity contribution in [2.75, 3.05) is 43.4 Å². The van der Waals surface area contributed by atoms with Crippen LogP contribution in [-0.4, -0.2) is 76.2 Å². The van der Waals surface area contributed by atoms with E-state index < -0.39 is 28.9 Å². The van der Waals surface area contributed by atoms with Gasteiger partial charge in [0.05, 0.1) is 21.4 Å². The maximum absolute atomic E-state index is 17.2. The largest absolute Gasteiger partial charge is 0.461 e. The van der Waals surface area contributed by atoms with Gasteiger partial charge in [0, 0.05) is 47.6 Å². The van der Waals surface area contributed by atoms with Gasteiger partial charge in [-0.05, 0) is 83.2 Å². The zero-order valence-corrected chi connectivity index (χ0v) is 28.0. The first-order valence-corrected chi connectivity index (χ1v) is 17.6. The molecule has 14 heteroatoms. The Kier molecular flexibility index (Phi) is 7.70. The number of nitriles is 1. The summed E-state index contributed by atoms with van der Waals surface area (Å²) in [6, 6.07) is 4.96. The zero-order chi connectivity index (χ0) is 34.4. The van der Waals surface area contributed by atoms with Gasteiger partial charge in [-0.1, -0.05) is 6.07 Å². The minimum Gasteiger partial charge on any atom is -0.461 e. The van der Waals surface area contributed by atoms with Crippen LogP contribution in [0.1, 0.15) is 63.5 Å². The molecule has 0 saturated carbocycles. The third kappa shape index (κ3) is 5.10. The minimum atomic E-state index is -5.02. The summed E-state index contributed by atoms with van der Waals surface area (Å²) in [6.45, 7) is 7.87. The van der Waals surface area contributed by atoms with Crippen molar-refractivity contribution in [3.05, 3.63) is 41.0 Å². The molecule has 4 aromatic rings. The fraction of sp³-hybridized carbons (Fsp3) is 0.514. The SMILES string of the molecule is CC(C)N1CC2CCC(C1)N2c1nc(OCC23CCCN2CCC3)nc2c(F)c(-c3ccc(F)c4sc(N)c(C#N)c34)c(C(F)(F)F)cc12. The average molecular weight is 698 g/mol. The first-order valence-electron chi connectivity index (χ1n) is 16.8. The van der Waals surface area contributed by atoms with E-state index in [0.717, 1.165) is 81.2 Å². The van der Waals surface area contributed by atoms with Gasteiger partial charge in [-0.15, -0.1) is 11.3 Å². The van der Waals surface area contributed by atoms with Crippen molar-refractivity contribution in [2.45, 2.75) is 82.2 Å². The summed E-state index contributed by atoms with van der Waals surface area (Å²) in [7, 11) is 0. The number of alkyl halides is 3. The minimum absolute atomic E-state index is 0.0355. The van der Waals surface area contributed by atoms with Crippen LogP contribution < -0.4 is 15.4 Å². The first kappa shape index (κ1) is 32.4. The number of hydrogen-bond acceptors (Lipinski definition) is 9. The Bertz CT molecular complexity index is 2000. The number of halogens is 5. The zero-order valence-electron chi connectivity index (χ0n) is 27.2. The van der Waals surface area contributed by atoms with Crippen molar-refractivity contribution in [3.63, 3.8) is 0 Å². The number of likely N-dealkylation sites (tertiary alicyclic amines) is 1. The van der Waals surface area contributed by atoms with E-state index in [4.69, 9.17) is 15.5 Å². The summed E-state index contributed by atoms with van der Waals surface area (Å²) >= 11 is 0.737. The number of ether oxygens (including phenoxy) is 1. The Morgan fingerprint density at radius 1 is 1.10 bits per heavy atom. The van der Waals surface area contributed by atoms with Gasteiger partial charge in [0.1, 0.15) is 34.8 Å². The molecule has 8 rings (SSSR count). The molecule has 4 aliphatic rings. The number of hydrogen-bond donors (Lipinski definition) is 1. The van der Waals surface area contributed by atoms with Gasteiger partial charge in [-0.3, -0.25) is 9.80 Å². The molecule has 2 aromatic carbocycles. The van der Waals surface area contributed by atoms with Crippen LogP contribution in [0, 0.1) is 23.0 Å². The van der Waals surface area contributed by atoms with Crippen molar-refractivity contribution >= 4 is 43.1 Å². The highest BCUT2D eigenvalue weighted by Gasteiger charge is 2.46. The Balaban J connectivity index is 1.36. The molecule has 2 unspecified atom stereocenters. The van der Waals surface area contributed by atoms with Crippen LogP contribution in [0.4, 0.5) is 32.8 Å². The molecule has 2 bridgehead atoms. The van der Waals surface area contributed by atoms with E-state index >= 15 is 17.6 Å². The molecule has 0 spiro atoms. The monoisotopic (exact) mass is 697 g/mol. The molecule has 2 aromatic heterocycles. The van der Waals surface area contributed by atoms with Crippen LogP contribution in [-0.2, 0) is 6.18 Å². The Labute approximate surface area is 284 Å². The first-order chi connectivity index (χ1) is 23.4. The lowest BCUT2D eigenvalue weighted by atomic mass is 9.92. The lowest BCUT2D eigenvalue weighted by Crippen LogP contribution is -2.56. The molecule has 2 atom stereocenters. The number of rotatable bonds is 6. The predicted molar refractivity (Wildman–Crippen MR) is 179 cm³/mol. The van der Waals surface area contributed by atoms with Gasteiger partial charge in [-0.2, -0.15) is 28.4 Å². The van der Waals surface area contributed by atoms with E-state index in [1.807, 2.05) is 11.0 Å². The normalized spacial score (nSPS) is 22.5. The molecule has 4 fully saturated rings. The topological polar surface area (TPSA) is 94.5 Å². The third-order valence-corrected chi connectivity index (χ3v) is 12.2. The molecular formula is C35H36F5N7OS. The average Bonchev–Trinajstić information content (AvgIpc) is 3.79. The summed E-state index contributed by atoms with van der Waals surface area (Å²) in [5.41, 5.74) is 2.94. The highest BCUT2D eigenvalue weighted by molar-refractivity contribution is 7.23. The lowest BCUT2D eigenvalue weighted by molar-refractivity contribution is -0.137. The van der Waals surface area contributed by atoms with Gasteiger partial charge in [0.15, 0.2) is 5.82 Å². The molecule has 258 valence electrons. The summed E-state index contributed by atoms with van der Waals surface area (Å²) < 4.78 is 83.5. The number of anilines is 2. The smallest absolute Gasteiger partial charge is 0.417 e. The number of aromatic nitrogens is 2. The van der Waals surface area contributed by atoms with Crippen molar-refractivity contribution in [3.8, 4) is 23.2 Å². The maximum Gasteiger partial charge on any atom is 0.417 e. The highest BCUT2D eigenvalue weighted by Crippen LogP contribution is 2.49. The maximum atomic E-state index is 17.2. The second kappa shape index (κ2) is 11.6. The van der Waals surface area contributed by atoms with Crippen molar-refractivity contribution in [1.29, 1.82) is 5.26 Å². The Morgan fingerprint density at radius 3 is 2.43 bits per heavy atom. The summed E-state index contributed by atoms with van der Waals surface area (Å²) in [5.74, 6) is -1.79. The molecular weight excluding hydrogens is 661 g/mol. The molecule has 49 heavy (non-hydrogen) atoms. The Hall–Kier alpha value is -3.80. The van der Waals surface area contributed by atoms with Crippen LogP contribution in [0.15, 0.2) is 18.2 Å². The highest BCUT2D eigenvalue weighted by atomic mass is 32.1. The molecule has 8 nitrogen and oxygen atoms in total. The molecule has 0 radical (unpaired) electrons. The van der Waals surface area contributed by atoms with E-state index in [1.54, 1.807) is 0 Å². The second-order valence-corrected chi connectivity index (χ2v) is 15.2. The van der Waals surface area contributed by atoms with E-state index in [1.165, 1.54) is 0 Å². The number of piperazine rings is 1. The number of benzene rings is 2. The number of fused-ring (bicyclic) bond motifs is 5. The van der Waals surface area contributed by atoms with Crippen LogP contribution >= 0.6 is 11.3 Å². The molecule has 6 heterocycles. The summed E-state index contributed by atoms with van der Waals surface area (Å²) in [4.78, 5) is 16.1. The van der Waals surface area contributed by atoms with Gasteiger partial charge in [0.2, 0.25) is 0 Å². The van der Waals surface area contributed by atoms with Crippen molar-refractivity contribution < 1.29 is 26.7 Å². The van der Waals surface area contributed by atoms with Crippen LogP contribution in [0.5, 0.6) is 6.01 Å². The molecule has 0 aliphatic carbocycles. The van der Waals surface area contributed by atoms with Gasteiger partial charge in [-0.25, -0.2) is 8.78 Å². The number of nitrogen functional groups attached to an aromatic ring is 1. The molecule has 4 saturated heterocycles. The van der Waals surface area contributed by atoms with E-state index in [2.05, 4.69) is 28.6 Å². The number of nitrogens with zero attached hydrogens (tertiary/aromatic N) is 6. The van der Waals surface area contributed by atoms with Crippen LogP contribution in [0.2, 0.25) is 0 Å². The van der Waals surface area contributed by atoms with Gasteiger partial charge < -0.3 is 15.4 Å². The van der Waals surface area contributed by atoms with Gasteiger partial charge in [0.25, 0.3) is 0 Å². The lowest BCUT2D eigenvalue weighted by Gasteiger charge is -2.43. The van der Waals surface area contributed by atoms with E-state index in [-0.39, 0.29) is 66.6 Å².